The lowest BCUT2D eigenvalue weighted by Gasteiger charge is -2.29. The molecule has 1 aliphatic heterocycles. The maximum Gasteiger partial charge on any atom is 0.115 e. The number of fused-ring (bicyclic) bond motifs is 1. The van der Waals surface area contributed by atoms with Gasteiger partial charge in [-0.1, -0.05) is 6.07 Å². The fourth-order valence-corrected chi connectivity index (χ4v) is 2.17. The third-order valence-electron chi connectivity index (χ3n) is 2.83. The van der Waals surface area contributed by atoms with Gasteiger partial charge in [0.1, 0.15) is 5.75 Å². The lowest BCUT2D eigenvalue weighted by molar-refractivity contribution is 0.242. The third kappa shape index (κ3) is 3.11. The monoisotopic (exact) mass is 242 g/mol. The van der Waals surface area contributed by atoms with E-state index in [1.807, 2.05) is 19.1 Å². The van der Waals surface area contributed by atoms with Crippen LogP contribution in [0.4, 0.5) is 0 Å². The highest BCUT2D eigenvalue weighted by atomic mass is 35.5. The summed E-state index contributed by atoms with van der Waals surface area (Å²) < 4.78 is 0. The van der Waals surface area contributed by atoms with E-state index >= 15 is 0 Å². The summed E-state index contributed by atoms with van der Waals surface area (Å²) in [6.45, 7) is 4.93. The Kier molecular flexibility index (Phi) is 4.59. The molecule has 1 aromatic rings. The second-order valence-corrected chi connectivity index (χ2v) is 4.42. The predicted molar refractivity (Wildman–Crippen MR) is 68.0 cm³/mol. The minimum Gasteiger partial charge on any atom is -0.508 e. The Balaban J connectivity index is 0.00000128. The molecule has 0 bridgehead atoms. The first kappa shape index (κ1) is 13.3. The van der Waals surface area contributed by atoms with Crippen LogP contribution in [-0.2, 0) is 13.0 Å². The number of hydrogen-bond acceptors (Lipinski definition) is 3. The average Bonchev–Trinajstić information content (AvgIpc) is 2.16. The van der Waals surface area contributed by atoms with Crippen LogP contribution in [0.3, 0.4) is 0 Å². The summed E-state index contributed by atoms with van der Waals surface area (Å²) in [5, 5.41) is 9.41. The number of phenolic OH excluding ortho intramolecular Hbond substituents is 1. The molecule has 4 heteroatoms. The molecule has 1 atom stereocenters. The molecule has 0 aromatic heterocycles. The van der Waals surface area contributed by atoms with Crippen molar-refractivity contribution in [1.29, 1.82) is 0 Å². The molecule has 0 aliphatic carbocycles. The van der Waals surface area contributed by atoms with Gasteiger partial charge in [0.15, 0.2) is 0 Å². The highest BCUT2D eigenvalue weighted by Gasteiger charge is 2.16. The van der Waals surface area contributed by atoms with Crippen LogP contribution in [0, 0.1) is 0 Å². The van der Waals surface area contributed by atoms with Gasteiger partial charge in [-0.3, -0.25) is 4.90 Å². The summed E-state index contributed by atoms with van der Waals surface area (Å²) in [6.07, 6.45) is 1.06. The number of nitrogens with two attached hydrogens (primary N) is 1. The highest BCUT2D eigenvalue weighted by molar-refractivity contribution is 5.85. The highest BCUT2D eigenvalue weighted by Crippen LogP contribution is 2.22. The number of aromatic hydroxyl groups is 1. The molecule has 0 saturated heterocycles. The van der Waals surface area contributed by atoms with E-state index in [-0.39, 0.29) is 18.4 Å². The van der Waals surface area contributed by atoms with Crippen LogP contribution < -0.4 is 5.73 Å². The van der Waals surface area contributed by atoms with E-state index < -0.39 is 0 Å². The number of rotatable bonds is 2. The topological polar surface area (TPSA) is 49.5 Å². The quantitative estimate of drug-likeness (QED) is 0.827. The maximum atomic E-state index is 9.41. The van der Waals surface area contributed by atoms with E-state index in [2.05, 4.69) is 4.90 Å². The predicted octanol–water partition coefficient (Wildman–Crippen LogP) is 1.52. The first-order chi connectivity index (χ1) is 7.15. The molecule has 1 aromatic carbocycles. The summed E-state index contributed by atoms with van der Waals surface area (Å²) >= 11 is 0. The first-order valence-electron chi connectivity index (χ1n) is 5.44. The Morgan fingerprint density at radius 1 is 1.44 bits per heavy atom. The van der Waals surface area contributed by atoms with Crippen LogP contribution in [-0.4, -0.2) is 29.1 Å². The number of nitrogens with zero attached hydrogens (tertiary/aromatic N) is 1. The van der Waals surface area contributed by atoms with Crippen molar-refractivity contribution in [2.75, 3.05) is 13.1 Å². The smallest absolute Gasteiger partial charge is 0.115 e. The summed E-state index contributed by atoms with van der Waals surface area (Å²) in [6, 6.07) is 5.86. The third-order valence-corrected chi connectivity index (χ3v) is 2.83. The van der Waals surface area contributed by atoms with E-state index in [1.54, 1.807) is 6.07 Å². The molecule has 0 fully saturated rings. The molecule has 90 valence electrons. The molecule has 0 spiro atoms. The Morgan fingerprint density at radius 2 is 2.19 bits per heavy atom. The van der Waals surface area contributed by atoms with Gasteiger partial charge >= 0.3 is 0 Å². The molecule has 2 rings (SSSR count). The van der Waals surface area contributed by atoms with Gasteiger partial charge in [-0.05, 0) is 36.6 Å². The van der Waals surface area contributed by atoms with Gasteiger partial charge in [-0.2, -0.15) is 0 Å². The largest absolute Gasteiger partial charge is 0.508 e. The standard InChI is InChI=1S/C12H18N2O.ClH/c1-9(13)7-14-5-4-10-2-3-12(15)6-11(10)8-14;/h2-3,6,9,15H,4-5,7-8,13H2,1H3;1H. The fraction of sp³-hybridized carbons (Fsp3) is 0.500. The number of hydrogen-bond donors (Lipinski definition) is 2. The molecule has 1 heterocycles. The molecule has 0 saturated carbocycles. The van der Waals surface area contributed by atoms with Gasteiger partial charge in [-0.15, -0.1) is 12.4 Å². The van der Waals surface area contributed by atoms with Crippen molar-refractivity contribution < 1.29 is 5.11 Å². The van der Waals surface area contributed by atoms with E-state index in [0.29, 0.717) is 5.75 Å². The zero-order chi connectivity index (χ0) is 10.8. The van der Waals surface area contributed by atoms with Crippen molar-refractivity contribution in [2.24, 2.45) is 5.73 Å². The molecule has 1 aliphatic rings. The number of halogens is 1. The van der Waals surface area contributed by atoms with Gasteiger partial charge in [0.05, 0.1) is 0 Å². The Morgan fingerprint density at radius 3 is 2.88 bits per heavy atom. The Labute approximate surface area is 103 Å². The minimum atomic E-state index is 0. The normalized spacial score (nSPS) is 17.4. The van der Waals surface area contributed by atoms with Crippen LogP contribution >= 0.6 is 12.4 Å². The zero-order valence-corrected chi connectivity index (χ0v) is 10.3. The first-order valence-corrected chi connectivity index (χ1v) is 5.44. The van der Waals surface area contributed by atoms with Gasteiger partial charge in [0.25, 0.3) is 0 Å². The maximum absolute atomic E-state index is 9.41. The van der Waals surface area contributed by atoms with E-state index in [0.717, 1.165) is 26.1 Å². The van der Waals surface area contributed by atoms with Crippen molar-refractivity contribution >= 4 is 12.4 Å². The Bertz CT molecular complexity index is 355. The second-order valence-electron chi connectivity index (χ2n) is 4.42. The van der Waals surface area contributed by atoms with Gasteiger partial charge < -0.3 is 10.8 Å². The van der Waals surface area contributed by atoms with Crippen LogP contribution in [0.25, 0.3) is 0 Å². The summed E-state index contributed by atoms with van der Waals surface area (Å²) in [5.41, 5.74) is 8.38. The molecule has 3 nitrogen and oxygen atoms in total. The van der Waals surface area contributed by atoms with Crippen molar-refractivity contribution in [3.63, 3.8) is 0 Å². The zero-order valence-electron chi connectivity index (χ0n) is 9.52. The lowest BCUT2D eigenvalue weighted by atomic mass is 9.99. The fourth-order valence-electron chi connectivity index (χ4n) is 2.17. The second kappa shape index (κ2) is 5.53. The van der Waals surface area contributed by atoms with Crippen molar-refractivity contribution in [2.45, 2.75) is 25.9 Å². The molecular formula is C12H19ClN2O. The van der Waals surface area contributed by atoms with Gasteiger partial charge in [0, 0.05) is 25.7 Å². The van der Waals surface area contributed by atoms with Crippen molar-refractivity contribution in [3.8, 4) is 5.75 Å². The van der Waals surface area contributed by atoms with E-state index in [4.69, 9.17) is 5.73 Å². The SMILES string of the molecule is CC(N)CN1CCc2ccc(O)cc2C1.Cl. The summed E-state index contributed by atoms with van der Waals surface area (Å²) in [4.78, 5) is 2.34. The molecule has 0 radical (unpaired) electrons. The number of benzene rings is 1. The van der Waals surface area contributed by atoms with Gasteiger partial charge in [0.2, 0.25) is 0 Å². The van der Waals surface area contributed by atoms with E-state index in [9.17, 15) is 5.11 Å². The molecule has 0 amide bonds. The molecular weight excluding hydrogens is 224 g/mol. The lowest BCUT2D eigenvalue weighted by Crippen LogP contribution is -2.38. The Hall–Kier alpha value is -0.770. The molecule has 3 N–H and O–H groups in total. The van der Waals surface area contributed by atoms with Crippen LogP contribution in [0.5, 0.6) is 5.75 Å². The van der Waals surface area contributed by atoms with Gasteiger partial charge in [-0.25, -0.2) is 0 Å². The molecule has 1 unspecified atom stereocenters. The van der Waals surface area contributed by atoms with Crippen molar-refractivity contribution in [1.82, 2.24) is 4.90 Å². The van der Waals surface area contributed by atoms with Crippen LogP contribution in [0.2, 0.25) is 0 Å². The van der Waals surface area contributed by atoms with Crippen LogP contribution in [0.1, 0.15) is 18.1 Å². The van der Waals surface area contributed by atoms with Crippen molar-refractivity contribution in [3.05, 3.63) is 29.3 Å². The molecule has 16 heavy (non-hydrogen) atoms. The van der Waals surface area contributed by atoms with Crippen LogP contribution in [0.15, 0.2) is 18.2 Å². The number of phenols is 1. The summed E-state index contributed by atoms with van der Waals surface area (Å²) in [7, 11) is 0. The van der Waals surface area contributed by atoms with E-state index in [1.165, 1.54) is 11.1 Å². The minimum absolute atomic E-state index is 0. The average molecular weight is 243 g/mol. The summed E-state index contributed by atoms with van der Waals surface area (Å²) in [5.74, 6) is 0.358.